The number of hydrogen-bond donors (Lipinski definition) is 1. The number of carbonyl (C=O) groups excluding carboxylic acids is 1. The van der Waals surface area contributed by atoms with Crippen molar-refractivity contribution in [2.24, 2.45) is 5.73 Å². The summed E-state index contributed by atoms with van der Waals surface area (Å²) in [5.74, 6) is 0.615. The molecule has 7 nitrogen and oxygen atoms in total. The minimum absolute atomic E-state index is 0.290. The lowest BCUT2D eigenvalue weighted by Gasteiger charge is -2.32. The summed E-state index contributed by atoms with van der Waals surface area (Å²) in [5, 5.41) is 0.309. The second kappa shape index (κ2) is 12.6. The molecule has 9 heteroatoms. The molecule has 4 rings (SSSR count). The van der Waals surface area contributed by atoms with E-state index in [1.165, 1.54) is 11.8 Å². The Labute approximate surface area is 210 Å². The Morgan fingerprint density at radius 2 is 1.82 bits per heavy atom. The zero-order valence-electron chi connectivity index (χ0n) is 19.7. The largest absolute Gasteiger partial charge is 0.472 e. The molecule has 3 aromatic rings. The molecule has 1 aromatic heterocycles. The van der Waals surface area contributed by atoms with E-state index in [-0.39, 0.29) is 0 Å². The first-order valence-electron chi connectivity index (χ1n) is 11.2. The average molecular weight is 500 g/mol. The maximum Gasteiger partial charge on any atom is 0.250 e. The Morgan fingerprint density at radius 3 is 2.47 bits per heavy atom. The van der Waals surface area contributed by atoms with E-state index in [0.29, 0.717) is 29.0 Å². The van der Waals surface area contributed by atoms with Crippen molar-refractivity contribution in [2.75, 3.05) is 38.1 Å². The molecule has 0 radical (unpaired) electrons. The van der Waals surface area contributed by atoms with Crippen molar-refractivity contribution in [1.29, 1.82) is 0 Å². The molecular formula is C25H30ClN5O2S. The number of amides is 1. The highest BCUT2D eigenvalue weighted by atomic mass is 35.5. The van der Waals surface area contributed by atoms with E-state index < -0.39 is 5.91 Å². The van der Waals surface area contributed by atoms with Crippen LogP contribution in [0.25, 0.3) is 0 Å². The van der Waals surface area contributed by atoms with Gasteiger partial charge in [0.2, 0.25) is 17.7 Å². The maximum absolute atomic E-state index is 11.5. The lowest BCUT2D eigenvalue weighted by Crippen LogP contribution is -2.45. The van der Waals surface area contributed by atoms with Gasteiger partial charge in [0.05, 0.1) is 21.7 Å². The number of anilines is 1. The topological polar surface area (TPSA) is 84.6 Å². The van der Waals surface area contributed by atoms with Crippen LogP contribution in [0.3, 0.4) is 0 Å². The molecule has 2 aromatic carbocycles. The number of ether oxygens (including phenoxy) is 1. The standard InChI is InChI=1S/C23H24ClN5O2S.C2H6/c1-28-9-11-29(12-10-28)23-26-14-20(22(27-23)31-15-16-5-3-2-4-6-16)32-17-7-8-18(21(25)30)19(24)13-17;1-2/h2-8,13-14H,9-12,15H2,1H3,(H2,25,30);1-2H3. The van der Waals surface area contributed by atoms with Crippen LogP contribution in [-0.4, -0.2) is 54.0 Å². The summed E-state index contributed by atoms with van der Waals surface area (Å²) in [7, 11) is 2.11. The van der Waals surface area contributed by atoms with Crippen molar-refractivity contribution >= 4 is 35.2 Å². The Hall–Kier alpha value is -2.81. The number of hydrogen-bond acceptors (Lipinski definition) is 7. The number of primary amides is 1. The Morgan fingerprint density at radius 1 is 1.12 bits per heavy atom. The van der Waals surface area contributed by atoms with E-state index in [1.54, 1.807) is 24.4 Å². The predicted molar refractivity (Wildman–Crippen MR) is 138 cm³/mol. The SMILES string of the molecule is CC.CN1CCN(c2ncc(Sc3ccc(C(N)=O)c(Cl)c3)c(OCc3ccccc3)n2)CC1. The molecule has 0 saturated carbocycles. The summed E-state index contributed by atoms with van der Waals surface area (Å²) in [6.45, 7) is 8.06. The number of nitrogens with zero attached hydrogens (tertiary/aromatic N) is 4. The molecule has 180 valence electrons. The van der Waals surface area contributed by atoms with Crippen LogP contribution in [-0.2, 0) is 6.61 Å². The van der Waals surface area contributed by atoms with Crippen LogP contribution >= 0.6 is 23.4 Å². The van der Waals surface area contributed by atoms with E-state index in [2.05, 4.69) is 21.8 Å². The van der Waals surface area contributed by atoms with Crippen molar-refractivity contribution in [3.05, 3.63) is 70.9 Å². The molecule has 0 bridgehead atoms. The maximum atomic E-state index is 11.5. The quantitative estimate of drug-likeness (QED) is 0.502. The van der Waals surface area contributed by atoms with Crippen LogP contribution in [0.5, 0.6) is 5.88 Å². The molecular weight excluding hydrogens is 470 g/mol. The summed E-state index contributed by atoms with van der Waals surface area (Å²) in [4.78, 5) is 26.9. The van der Waals surface area contributed by atoms with Crippen molar-refractivity contribution < 1.29 is 9.53 Å². The number of benzene rings is 2. The van der Waals surface area contributed by atoms with Gasteiger partial charge in [-0.3, -0.25) is 4.79 Å². The van der Waals surface area contributed by atoms with E-state index in [4.69, 9.17) is 27.1 Å². The fraction of sp³-hybridized carbons (Fsp3) is 0.320. The molecule has 0 aliphatic carbocycles. The van der Waals surface area contributed by atoms with Crippen LogP contribution in [0.2, 0.25) is 5.02 Å². The first-order valence-corrected chi connectivity index (χ1v) is 12.4. The minimum Gasteiger partial charge on any atom is -0.472 e. The third kappa shape index (κ3) is 6.85. The second-order valence-electron chi connectivity index (χ2n) is 7.51. The van der Waals surface area contributed by atoms with Gasteiger partial charge in [0.15, 0.2) is 0 Å². The molecule has 1 amide bonds. The van der Waals surface area contributed by atoms with Crippen LogP contribution in [0.4, 0.5) is 5.95 Å². The summed E-state index contributed by atoms with van der Waals surface area (Å²) in [6, 6.07) is 15.1. The lowest BCUT2D eigenvalue weighted by atomic mass is 10.2. The average Bonchev–Trinajstić information content (AvgIpc) is 2.85. The second-order valence-corrected chi connectivity index (χ2v) is 9.03. The molecule has 1 saturated heterocycles. The van der Waals surface area contributed by atoms with Gasteiger partial charge in [0.25, 0.3) is 0 Å². The van der Waals surface area contributed by atoms with Gasteiger partial charge < -0.3 is 20.3 Å². The van der Waals surface area contributed by atoms with Gasteiger partial charge in [0, 0.05) is 31.1 Å². The fourth-order valence-corrected chi connectivity index (χ4v) is 4.49. The van der Waals surface area contributed by atoms with Crippen molar-refractivity contribution in [2.45, 2.75) is 30.2 Å². The molecule has 0 unspecified atom stereocenters. The van der Waals surface area contributed by atoms with Gasteiger partial charge in [-0.1, -0.05) is 67.5 Å². The van der Waals surface area contributed by atoms with Gasteiger partial charge in [-0.15, -0.1) is 0 Å². The van der Waals surface area contributed by atoms with E-state index in [9.17, 15) is 4.79 Å². The summed E-state index contributed by atoms with van der Waals surface area (Å²) < 4.78 is 6.12. The van der Waals surface area contributed by atoms with Gasteiger partial charge >= 0.3 is 0 Å². The first kappa shape index (κ1) is 25.8. The minimum atomic E-state index is -0.557. The van der Waals surface area contributed by atoms with Crippen molar-refractivity contribution in [3.8, 4) is 5.88 Å². The molecule has 1 aliphatic heterocycles. The van der Waals surface area contributed by atoms with E-state index in [0.717, 1.165) is 41.5 Å². The van der Waals surface area contributed by atoms with Gasteiger partial charge in [-0.05, 0) is 30.8 Å². The Balaban J connectivity index is 0.00000158. The summed E-state index contributed by atoms with van der Waals surface area (Å²) in [6.07, 6.45) is 1.78. The van der Waals surface area contributed by atoms with Gasteiger partial charge in [-0.25, -0.2) is 4.98 Å². The van der Waals surface area contributed by atoms with Crippen LogP contribution in [0.1, 0.15) is 29.8 Å². The van der Waals surface area contributed by atoms with Crippen LogP contribution < -0.4 is 15.4 Å². The first-order chi connectivity index (χ1) is 16.5. The van der Waals surface area contributed by atoms with Crippen LogP contribution in [0, 0.1) is 0 Å². The summed E-state index contributed by atoms with van der Waals surface area (Å²) in [5.41, 5.74) is 6.70. The predicted octanol–water partition coefficient (Wildman–Crippen LogP) is 4.74. The van der Waals surface area contributed by atoms with Crippen molar-refractivity contribution in [3.63, 3.8) is 0 Å². The molecule has 0 atom stereocenters. The monoisotopic (exact) mass is 499 g/mol. The number of halogens is 1. The Kier molecular flexibility index (Phi) is 9.56. The molecule has 0 spiro atoms. The van der Waals surface area contributed by atoms with E-state index in [1.807, 2.05) is 44.2 Å². The van der Waals surface area contributed by atoms with Crippen LogP contribution in [0.15, 0.2) is 64.5 Å². The number of likely N-dealkylation sites (N-methyl/N-ethyl adjacent to an activating group) is 1. The summed E-state index contributed by atoms with van der Waals surface area (Å²) >= 11 is 7.65. The molecule has 1 fully saturated rings. The van der Waals surface area contributed by atoms with Gasteiger partial charge in [-0.2, -0.15) is 4.98 Å². The Bertz CT molecular complexity index is 1090. The number of nitrogens with two attached hydrogens (primary N) is 1. The van der Waals surface area contributed by atoms with Crippen molar-refractivity contribution in [1.82, 2.24) is 14.9 Å². The third-order valence-corrected chi connectivity index (χ3v) is 6.45. The fourth-order valence-electron chi connectivity index (χ4n) is 3.29. The normalized spacial score (nSPS) is 13.7. The highest BCUT2D eigenvalue weighted by Crippen LogP contribution is 2.36. The number of rotatable bonds is 7. The molecule has 2 N–H and O–H groups in total. The third-order valence-electron chi connectivity index (χ3n) is 5.15. The lowest BCUT2D eigenvalue weighted by molar-refractivity contribution is 0.100. The zero-order chi connectivity index (χ0) is 24.5. The zero-order valence-corrected chi connectivity index (χ0v) is 21.3. The number of aromatic nitrogens is 2. The highest BCUT2D eigenvalue weighted by Gasteiger charge is 2.19. The molecule has 2 heterocycles. The van der Waals surface area contributed by atoms with Gasteiger partial charge in [0.1, 0.15) is 6.61 Å². The number of piperazine rings is 1. The molecule has 1 aliphatic rings. The number of carbonyl (C=O) groups is 1. The molecule has 34 heavy (non-hydrogen) atoms. The highest BCUT2D eigenvalue weighted by molar-refractivity contribution is 7.99. The van der Waals surface area contributed by atoms with E-state index >= 15 is 0 Å². The smallest absolute Gasteiger partial charge is 0.250 e.